The predicted octanol–water partition coefficient (Wildman–Crippen LogP) is 2.39. The molecule has 1 N–H and O–H groups in total. The molecule has 0 spiro atoms. The van der Waals surface area contributed by atoms with E-state index in [1.807, 2.05) is 4.68 Å². The molecule has 3 aromatic rings. The van der Waals surface area contributed by atoms with Crippen molar-refractivity contribution in [3.05, 3.63) is 42.2 Å². The summed E-state index contributed by atoms with van der Waals surface area (Å²) >= 11 is 0. The van der Waals surface area contributed by atoms with Gasteiger partial charge in [-0.1, -0.05) is 5.16 Å². The highest BCUT2D eigenvalue weighted by Crippen LogP contribution is 2.18. The van der Waals surface area contributed by atoms with Crippen LogP contribution in [0.4, 0.5) is 4.39 Å². The fraction of sp³-hybridized carbons (Fsp3) is 0.375. The molecule has 1 aliphatic heterocycles. The Hall–Kier alpha value is -2.52. The number of ether oxygens (including phenoxy) is 1. The Bertz CT molecular complexity index is 831. The van der Waals surface area contributed by atoms with E-state index in [1.54, 1.807) is 6.33 Å². The molecule has 8 nitrogen and oxygen atoms in total. The lowest BCUT2D eigenvalue weighted by Crippen LogP contribution is -2.31. The van der Waals surface area contributed by atoms with Crippen LogP contribution in [0, 0.1) is 5.82 Å². The van der Waals surface area contributed by atoms with Gasteiger partial charge in [0.1, 0.15) is 17.9 Å². The minimum atomic E-state index is -0.316. The summed E-state index contributed by atoms with van der Waals surface area (Å²) in [7, 11) is 0. The summed E-state index contributed by atoms with van der Waals surface area (Å²) < 4.78 is 25.4. The molecular weight excluding hydrogens is 363 g/mol. The predicted molar refractivity (Wildman–Crippen MR) is 92.4 cm³/mol. The first-order valence-corrected chi connectivity index (χ1v) is 8.11. The van der Waals surface area contributed by atoms with Gasteiger partial charge in [-0.2, -0.15) is 4.98 Å². The van der Waals surface area contributed by atoms with E-state index in [9.17, 15) is 4.39 Å². The average Bonchev–Trinajstić information content (AvgIpc) is 3.31. The second-order valence-corrected chi connectivity index (χ2v) is 5.81. The zero-order valence-corrected chi connectivity index (χ0v) is 14.7. The number of rotatable bonds is 5. The molecule has 4 rings (SSSR count). The Kier molecular flexibility index (Phi) is 5.79. The van der Waals surface area contributed by atoms with Crippen LogP contribution in [0.1, 0.15) is 24.7 Å². The highest BCUT2D eigenvalue weighted by molar-refractivity contribution is 5.85. The summed E-state index contributed by atoms with van der Waals surface area (Å²) in [6, 6.07) is 6.02. The van der Waals surface area contributed by atoms with Gasteiger partial charge in [0.15, 0.2) is 6.61 Å². The first-order valence-electron chi connectivity index (χ1n) is 8.11. The molecule has 2 aromatic heterocycles. The molecule has 138 valence electrons. The van der Waals surface area contributed by atoms with E-state index in [0.29, 0.717) is 23.4 Å². The van der Waals surface area contributed by atoms with Crippen molar-refractivity contribution in [1.29, 1.82) is 0 Å². The number of aromatic nitrogens is 5. The summed E-state index contributed by atoms with van der Waals surface area (Å²) in [5.41, 5.74) is 0. The van der Waals surface area contributed by atoms with Gasteiger partial charge in [0.25, 0.3) is 5.89 Å². The fourth-order valence-corrected chi connectivity index (χ4v) is 2.69. The van der Waals surface area contributed by atoms with Gasteiger partial charge in [0.05, 0.1) is 6.04 Å². The maximum absolute atomic E-state index is 12.9. The van der Waals surface area contributed by atoms with Gasteiger partial charge in [-0.05, 0) is 43.7 Å². The second-order valence-electron chi connectivity index (χ2n) is 5.81. The van der Waals surface area contributed by atoms with Crippen molar-refractivity contribution in [2.75, 3.05) is 13.1 Å². The summed E-state index contributed by atoms with van der Waals surface area (Å²) in [6.45, 7) is 2.03. The van der Waals surface area contributed by atoms with E-state index in [2.05, 4.69) is 25.5 Å². The summed E-state index contributed by atoms with van der Waals surface area (Å²) in [5.74, 6) is 1.23. The highest BCUT2D eigenvalue weighted by Gasteiger charge is 2.19. The quantitative estimate of drug-likeness (QED) is 0.726. The number of nitrogens with one attached hydrogen (secondary N) is 1. The van der Waals surface area contributed by atoms with Gasteiger partial charge >= 0.3 is 0 Å². The van der Waals surface area contributed by atoms with E-state index < -0.39 is 0 Å². The summed E-state index contributed by atoms with van der Waals surface area (Å²) in [5, 5.41) is 11.6. The third-order valence-corrected chi connectivity index (χ3v) is 3.99. The van der Waals surface area contributed by atoms with Crippen LogP contribution in [0.2, 0.25) is 0 Å². The van der Waals surface area contributed by atoms with Crippen LogP contribution in [-0.4, -0.2) is 38.0 Å². The molecule has 26 heavy (non-hydrogen) atoms. The lowest BCUT2D eigenvalue weighted by molar-refractivity contribution is 0.286. The van der Waals surface area contributed by atoms with Crippen molar-refractivity contribution in [2.45, 2.75) is 25.5 Å². The zero-order chi connectivity index (χ0) is 17.1. The maximum Gasteiger partial charge on any atom is 0.297 e. The Morgan fingerprint density at radius 3 is 2.92 bits per heavy atom. The number of nitrogens with zero attached hydrogens (tertiary/aromatic N) is 5. The van der Waals surface area contributed by atoms with Crippen LogP contribution in [0.15, 0.2) is 35.1 Å². The number of benzene rings is 1. The lowest BCUT2D eigenvalue weighted by atomic mass is 10.1. The molecular formula is C16H18ClFN6O2. The largest absolute Gasteiger partial charge is 0.485 e. The van der Waals surface area contributed by atoms with Gasteiger partial charge in [0.2, 0.25) is 11.6 Å². The molecule has 1 aromatic carbocycles. The number of hydrogen-bond acceptors (Lipinski definition) is 7. The summed E-state index contributed by atoms with van der Waals surface area (Å²) in [6.07, 6.45) is 3.87. The minimum absolute atomic E-state index is 0. The molecule has 10 heteroatoms. The highest BCUT2D eigenvalue weighted by atomic mass is 35.5. The number of piperidine rings is 1. The van der Waals surface area contributed by atoms with E-state index in [4.69, 9.17) is 9.26 Å². The van der Waals surface area contributed by atoms with E-state index >= 15 is 0 Å². The Balaban J connectivity index is 0.00000196. The Morgan fingerprint density at radius 1 is 1.31 bits per heavy atom. The number of hydrogen-bond donors (Lipinski definition) is 1. The molecule has 1 saturated heterocycles. The minimum Gasteiger partial charge on any atom is -0.485 e. The molecule has 3 heterocycles. The normalized spacial score (nSPS) is 16.9. The van der Waals surface area contributed by atoms with Crippen LogP contribution in [0.25, 0.3) is 11.7 Å². The van der Waals surface area contributed by atoms with Crippen molar-refractivity contribution in [1.82, 2.24) is 30.2 Å². The molecule has 0 amide bonds. The van der Waals surface area contributed by atoms with E-state index in [0.717, 1.165) is 25.9 Å². The first-order chi connectivity index (χ1) is 12.3. The van der Waals surface area contributed by atoms with Crippen LogP contribution >= 0.6 is 12.4 Å². The monoisotopic (exact) mass is 380 g/mol. The van der Waals surface area contributed by atoms with Gasteiger partial charge in [-0.3, -0.25) is 0 Å². The van der Waals surface area contributed by atoms with Crippen molar-refractivity contribution in [2.24, 2.45) is 0 Å². The van der Waals surface area contributed by atoms with E-state index in [1.165, 1.54) is 24.3 Å². The van der Waals surface area contributed by atoms with Crippen molar-refractivity contribution in [3.8, 4) is 17.5 Å². The van der Waals surface area contributed by atoms with Gasteiger partial charge in [-0.25, -0.2) is 14.1 Å². The molecule has 1 unspecified atom stereocenters. The molecule has 1 aliphatic rings. The smallest absolute Gasteiger partial charge is 0.297 e. The standard InChI is InChI=1S/C16H17FN6O2.ClH/c17-11-3-5-13(6-4-11)24-9-14-20-16(25-22-14)15-19-10-23(21-15)12-2-1-7-18-8-12;/h3-6,10,12,18H,1-2,7-9H2;1H. The number of halogens is 2. The second kappa shape index (κ2) is 8.24. The fourth-order valence-electron chi connectivity index (χ4n) is 2.69. The summed E-state index contributed by atoms with van der Waals surface area (Å²) in [4.78, 5) is 8.49. The van der Waals surface area contributed by atoms with Crippen LogP contribution in [0.3, 0.4) is 0 Å². The van der Waals surface area contributed by atoms with Gasteiger partial charge < -0.3 is 14.6 Å². The van der Waals surface area contributed by atoms with Crippen LogP contribution in [0.5, 0.6) is 5.75 Å². The maximum atomic E-state index is 12.9. The van der Waals surface area contributed by atoms with Crippen molar-refractivity contribution < 1.29 is 13.7 Å². The Morgan fingerprint density at radius 2 is 2.15 bits per heavy atom. The SMILES string of the molecule is Cl.Fc1ccc(OCc2noc(-c3ncn(C4CCCNC4)n3)n2)cc1. The third-order valence-electron chi connectivity index (χ3n) is 3.99. The zero-order valence-electron chi connectivity index (χ0n) is 13.8. The molecule has 0 aliphatic carbocycles. The van der Waals surface area contributed by atoms with Crippen LogP contribution < -0.4 is 10.1 Å². The molecule has 0 saturated carbocycles. The lowest BCUT2D eigenvalue weighted by Gasteiger charge is -2.22. The first kappa shape index (κ1) is 18.3. The van der Waals surface area contributed by atoms with Crippen LogP contribution in [-0.2, 0) is 6.61 Å². The average molecular weight is 381 g/mol. The molecule has 1 fully saturated rings. The topological polar surface area (TPSA) is 90.9 Å². The van der Waals surface area contributed by atoms with E-state index in [-0.39, 0.29) is 30.7 Å². The van der Waals surface area contributed by atoms with Crippen molar-refractivity contribution >= 4 is 12.4 Å². The Labute approximate surface area is 155 Å². The molecule has 0 bridgehead atoms. The van der Waals surface area contributed by atoms with Gasteiger partial charge in [0, 0.05) is 6.54 Å². The third kappa shape index (κ3) is 4.17. The molecule has 0 radical (unpaired) electrons. The van der Waals surface area contributed by atoms with Gasteiger partial charge in [-0.15, -0.1) is 17.5 Å². The van der Waals surface area contributed by atoms with Crippen molar-refractivity contribution in [3.63, 3.8) is 0 Å². The molecule has 1 atom stereocenters.